The van der Waals surface area contributed by atoms with Crippen molar-refractivity contribution in [3.63, 3.8) is 0 Å². The van der Waals surface area contributed by atoms with Gasteiger partial charge in [-0.15, -0.1) is 0 Å². The second kappa shape index (κ2) is 8.02. The molecule has 2 amide bonds. The van der Waals surface area contributed by atoms with Crippen molar-refractivity contribution in [3.8, 4) is 0 Å². The zero-order chi connectivity index (χ0) is 22.1. The maximum Gasteiger partial charge on any atom is 0.264 e. The van der Waals surface area contributed by atoms with Crippen LogP contribution in [-0.4, -0.2) is 47.2 Å². The largest absolute Gasteiger partial charge is 0.337 e. The number of carbonyl (C=O) groups is 2. The van der Waals surface area contributed by atoms with Crippen LogP contribution in [0.4, 0.5) is 11.6 Å². The topological polar surface area (TPSA) is 121 Å². The molecule has 2 aromatic rings. The maximum atomic E-state index is 12.6. The van der Waals surface area contributed by atoms with E-state index < -0.39 is 15.9 Å². The summed E-state index contributed by atoms with van der Waals surface area (Å²) in [5.74, 6) is -0.771. The van der Waals surface area contributed by atoms with Crippen molar-refractivity contribution in [1.29, 1.82) is 0 Å². The predicted octanol–water partition coefficient (Wildman–Crippen LogP) is 2.17. The first-order valence-electron chi connectivity index (χ1n) is 9.49. The zero-order valence-corrected chi connectivity index (χ0v) is 18.2. The van der Waals surface area contributed by atoms with Gasteiger partial charge in [0.2, 0.25) is 17.8 Å². The van der Waals surface area contributed by atoms with Gasteiger partial charge in [0.1, 0.15) is 0 Å². The van der Waals surface area contributed by atoms with Crippen molar-refractivity contribution in [2.75, 3.05) is 16.6 Å². The van der Waals surface area contributed by atoms with Gasteiger partial charge in [-0.2, -0.15) is 0 Å². The van der Waals surface area contributed by atoms with Crippen molar-refractivity contribution in [1.82, 2.24) is 14.9 Å². The highest BCUT2D eigenvalue weighted by molar-refractivity contribution is 7.92. The molecule has 0 bridgehead atoms. The molecule has 0 unspecified atom stereocenters. The fraction of sp³-hybridized carbons (Fsp3) is 0.400. The number of benzene rings is 1. The molecule has 3 rings (SSSR count). The van der Waals surface area contributed by atoms with Crippen LogP contribution in [0.25, 0.3) is 0 Å². The molecule has 0 spiro atoms. The van der Waals surface area contributed by atoms with Crippen LogP contribution < -0.4 is 10.0 Å². The summed E-state index contributed by atoms with van der Waals surface area (Å²) < 4.78 is 27.3. The number of aromatic nitrogens is 2. The Bertz CT molecular complexity index is 1060. The van der Waals surface area contributed by atoms with Crippen molar-refractivity contribution in [2.45, 2.75) is 44.6 Å². The standard InChI is InChI=1S/C20H25N5O4S/c1-13-9-10-21-19(22-13)24-30(28,29)16-7-5-15(6-8-16)23-18(27)14-11-17(26)25(12-14)20(2,3)4/h5-10,14H,11-12H2,1-4H3,(H,23,27)(H,21,22,24)/t14-/m0/s1. The predicted molar refractivity (Wildman–Crippen MR) is 112 cm³/mol. The average Bonchev–Trinajstić information content (AvgIpc) is 3.04. The number of rotatable bonds is 5. The van der Waals surface area contributed by atoms with Gasteiger partial charge in [-0.3, -0.25) is 9.59 Å². The first-order valence-corrected chi connectivity index (χ1v) is 11.0. The van der Waals surface area contributed by atoms with Crippen LogP contribution >= 0.6 is 0 Å². The molecule has 30 heavy (non-hydrogen) atoms. The van der Waals surface area contributed by atoms with Crippen molar-refractivity contribution in [2.24, 2.45) is 5.92 Å². The van der Waals surface area contributed by atoms with Crippen molar-refractivity contribution < 1.29 is 18.0 Å². The lowest BCUT2D eigenvalue weighted by molar-refractivity contribution is -0.131. The number of likely N-dealkylation sites (tertiary alicyclic amines) is 1. The zero-order valence-electron chi connectivity index (χ0n) is 17.3. The maximum absolute atomic E-state index is 12.6. The highest BCUT2D eigenvalue weighted by atomic mass is 32.2. The molecule has 1 fully saturated rings. The Morgan fingerprint density at radius 2 is 1.83 bits per heavy atom. The molecule has 9 nitrogen and oxygen atoms in total. The Hall–Kier alpha value is -3.01. The molecule has 1 aromatic carbocycles. The molecule has 0 radical (unpaired) electrons. The van der Waals surface area contributed by atoms with E-state index in [0.29, 0.717) is 17.9 Å². The summed E-state index contributed by atoms with van der Waals surface area (Å²) in [7, 11) is -3.86. The summed E-state index contributed by atoms with van der Waals surface area (Å²) in [4.78, 5) is 34.4. The van der Waals surface area contributed by atoms with E-state index in [1.165, 1.54) is 30.5 Å². The number of anilines is 2. The van der Waals surface area contributed by atoms with Crippen LogP contribution in [0.1, 0.15) is 32.9 Å². The normalized spacial score (nSPS) is 17.1. The second-order valence-corrected chi connectivity index (χ2v) is 9.90. The van der Waals surface area contributed by atoms with Gasteiger partial charge in [-0.25, -0.2) is 23.1 Å². The van der Waals surface area contributed by atoms with Gasteiger partial charge in [0.05, 0.1) is 10.8 Å². The summed E-state index contributed by atoms with van der Waals surface area (Å²) in [5, 5.41) is 2.75. The minimum absolute atomic E-state index is 0.0123. The monoisotopic (exact) mass is 431 g/mol. The van der Waals surface area contributed by atoms with Gasteiger partial charge >= 0.3 is 0 Å². The number of nitrogens with one attached hydrogen (secondary N) is 2. The molecule has 1 aliphatic rings. The van der Waals surface area contributed by atoms with Crippen LogP contribution in [-0.2, 0) is 19.6 Å². The summed E-state index contributed by atoms with van der Waals surface area (Å²) in [6.07, 6.45) is 1.63. The molecule has 1 atom stereocenters. The molecule has 160 valence electrons. The number of sulfonamides is 1. The average molecular weight is 432 g/mol. The number of hydrogen-bond donors (Lipinski definition) is 2. The smallest absolute Gasteiger partial charge is 0.264 e. The molecule has 1 aromatic heterocycles. The highest BCUT2D eigenvalue weighted by Crippen LogP contribution is 2.27. The molecule has 2 N–H and O–H groups in total. The van der Waals surface area contributed by atoms with Crippen molar-refractivity contribution >= 4 is 33.5 Å². The Labute approximate surface area is 176 Å². The number of aryl methyl sites for hydroxylation is 1. The summed E-state index contributed by atoms with van der Waals surface area (Å²) in [5.41, 5.74) is 0.749. The molecule has 2 heterocycles. The van der Waals surface area contributed by atoms with Gasteiger partial charge in [0, 0.05) is 36.1 Å². The second-order valence-electron chi connectivity index (χ2n) is 8.22. The van der Waals surface area contributed by atoms with Gasteiger partial charge in [-0.1, -0.05) is 0 Å². The molecular weight excluding hydrogens is 406 g/mol. The van der Waals surface area contributed by atoms with Crippen LogP contribution in [0.5, 0.6) is 0 Å². The first kappa shape index (κ1) is 21.7. The first-order chi connectivity index (χ1) is 14.0. The quantitative estimate of drug-likeness (QED) is 0.748. The molecule has 0 saturated carbocycles. The van der Waals surface area contributed by atoms with E-state index in [-0.39, 0.29) is 34.6 Å². The SMILES string of the molecule is Cc1ccnc(NS(=O)(=O)c2ccc(NC(=O)[C@H]3CC(=O)N(C(C)(C)C)C3)cc2)n1. The molecule has 10 heteroatoms. The molecule has 1 aliphatic heterocycles. The third-order valence-electron chi connectivity index (χ3n) is 4.76. The van der Waals surface area contributed by atoms with Gasteiger partial charge < -0.3 is 10.2 Å². The highest BCUT2D eigenvalue weighted by Gasteiger charge is 2.39. The van der Waals surface area contributed by atoms with E-state index in [1.54, 1.807) is 17.9 Å². The minimum atomic E-state index is -3.86. The summed E-state index contributed by atoms with van der Waals surface area (Å²) in [6, 6.07) is 7.43. The summed E-state index contributed by atoms with van der Waals surface area (Å²) in [6.45, 7) is 7.89. The Morgan fingerprint density at radius 1 is 1.17 bits per heavy atom. The Morgan fingerprint density at radius 3 is 2.40 bits per heavy atom. The van der Waals surface area contributed by atoms with E-state index in [9.17, 15) is 18.0 Å². The molecular formula is C20H25N5O4S. The number of hydrogen-bond acceptors (Lipinski definition) is 6. The minimum Gasteiger partial charge on any atom is -0.337 e. The number of amides is 2. The van der Waals surface area contributed by atoms with Crippen LogP contribution in [0.2, 0.25) is 0 Å². The van der Waals surface area contributed by atoms with E-state index in [2.05, 4.69) is 20.0 Å². The Kier molecular flexibility index (Phi) is 5.80. The number of nitrogens with zero attached hydrogens (tertiary/aromatic N) is 3. The van der Waals surface area contributed by atoms with Crippen LogP contribution in [0.15, 0.2) is 41.4 Å². The Balaban J connectivity index is 1.66. The molecule has 0 aliphatic carbocycles. The third kappa shape index (κ3) is 4.93. The van der Waals surface area contributed by atoms with E-state index in [0.717, 1.165) is 0 Å². The van der Waals surface area contributed by atoms with E-state index in [4.69, 9.17) is 0 Å². The lowest BCUT2D eigenvalue weighted by atomic mass is 10.1. The van der Waals surface area contributed by atoms with E-state index in [1.807, 2.05) is 20.8 Å². The van der Waals surface area contributed by atoms with Gasteiger partial charge in [0.25, 0.3) is 10.0 Å². The molecule has 1 saturated heterocycles. The fourth-order valence-corrected chi connectivity index (χ4v) is 4.12. The third-order valence-corrected chi connectivity index (χ3v) is 6.10. The van der Waals surface area contributed by atoms with Crippen molar-refractivity contribution in [3.05, 3.63) is 42.2 Å². The van der Waals surface area contributed by atoms with E-state index >= 15 is 0 Å². The summed E-state index contributed by atoms with van der Waals surface area (Å²) >= 11 is 0. The lowest BCUT2D eigenvalue weighted by Crippen LogP contribution is -2.42. The van der Waals surface area contributed by atoms with Gasteiger partial charge in [-0.05, 0) is 58.0 Å². The lowest BCUT2D eigenvalue weighted by Gasteiger charge is -2.31. The fourth-order valence-electron chi connectivity index (χ4n) is 3.17. The van der Waals surface area contributed by atoms with Crippen LogP contribution in [0, 0.1) is 12.8 Å². The van der Waals surface area contributed by atoms with Crippen LogP contribution in [0.3, 0.4) is 0 Å². The number of carbonyl (C=O) groups excluding carboxylic acids is 2. The van der Waals surface area contributed by atoms with Gasteiger partial charge in [0.15, 0.2) is 0 Å².